The maximum absolute atomic E-state index is 5.00. The van der Waals surface area contributed by atoms with E-state index in [1.807, 2.05) is 6.07 Å². The second-order valence-electron chi connectivity index (χ2n) is 3.70. The number of nitrogens with one attached hydrogen (secondary N) is 1. The summed E-state index contributed by atoms with van der Waals surface area (Å²) in [7, 11) is 1.69. The van der Waals surface area contributed by atoms with Crippen molar-refractivity contribution in [3.05, 3.63) is 48.0 Å². The van der Waals surface area contributed by atoms with E-state index in [1.165, 1.54) is 5.56 Å². The SMILES string of the molecule is C=C(CN[C@H](C)c1ccccc1)COC. The van der Waals surface area contributed by atoms with Crippen LogP contribution in [0.5, 0.6) is 0 Å². The van der Waals surface area contributed by atoms with Gasteiger partial charge in [0.25, 0.3) is 0 Å². The van der Waals surface area contributed by atoms with Gasteiger partial charge in [0.1, 0.15) is 0 Å². The summed E-state index contributed by atoms with van der Waals surface area (Å²) < 4.78 is 5.00. The summed E-state index contributed by atoms with van der Waals surface area (Å²) in [5, 5.41) is 3.40. The molecule has 0 spiro atoms. The van der Waals surface area contributed by atoms with Gasteiger partial charge in [0.15, 0.2) is 0 Å². The zero-order valence-corrected chi connectivity index (χ0v) is 9.49. The van der Waals surface area contributed by atoms with Gasteiger partial charge in [-0.05, 0) is 18.1 Å². The molecule has 0 amide bonds. The Morgan fingerprint density at radius 3 is 2.67 bits per heavy atom. The van der Waals surface area contributed by atoms with Gasteiger partial charge in [-0.15, -0.1) is 0 Å². The highest BCUT2D eigenvalue weighted by Crippen LogP contribution is 2.10. The Hall–Kier alpha value is -1.12. The molecule has 0 heterocycles. The van der Waals surface area contributed by atoms with E-state index < -0.39 is 0 Å². The predicted molar refractivity (Wildman–Crippen MR) is 63.9 cm³/mol. The lowest BCUT2D eigenvalue weighted by molar-refractivity contribution is 0.223. The molecule has 15 heavy (non-hydrogen) atoms. The third kappa shape index (κ3) is 4.28. The predicted octanol–water partition coefficient (Wildman–Crippen LogP) is 2.54. The lowest BCUT2D eigenvalue weighted by Crippen LogP contribution is -2.22. The first-order valence-corrected chi connectivity index (χ1v) is 5.18. The smallest absolute Gasteiger partial charge is 0.0682 e. The normalized spacial score (nSPS) is 12.4. The second-order valence-corrected chi connectivity index (χ2v) is 3.70. The van der Waals surface area contributed by atoms with Crippen molar-refractivity contribution in [1.29, 1.82) is 0 Å². The van der Waals surface area contributed by atoms with Crippen LogP contribution in [0.15, 0.2) is 42.5 Å². The monoisotopic (exact) mass is 205 g/mol. The summed E-state index contributed by atoms with van der Waals surface area (Å²) >= 11 is 0. The van der Waals surface area contributed by atoms with Crippen molar-refractivity contribution in [3.63, 3.8) is 0 Å². The number of methoxy groups -OCH3 is 1. The van der Waals surface area contributed by atoms with Crippen molar-refractivity contribution in [2.45, 2.75) is 13.0 Å². The van der Waals surface area contributed by atoms with Crippen LogP contribution in [0.3, 0.4) is 0 Å². The van der Waals surface area contributed by atoms with Gasteiger partial charge in [0.05, 0.1) is 6.61 Å². The number of hydrogen-bond donors (Lipinski definition) is 1. The fraction of sp³-hybridized carbons (Fsp3) is 0.385. The first-order valence-electron chi connectivity index (χ1n) is 5.18. The largest absolute Gasteiger partial charge is 0.380 e. The molecule has 0 saturated carbocycles. The molecule has 0 aromatic heterocycles. The Balaban J connectivity index is 2.37. The van der Waals surface area contributed by atoms with E-state index in [9.17, 15) is 0 Å². The average molecular weight is 205 g/mol. The molecule has 2 heteroatoms. The molecule has 2 nitrogen and oxygen atoms in total. The molecule has 1 N–H and O–H groups in total. The van der Waals surface area contributed by atoms with Crippen LogP contribution >= 0.6 is 0 Å². The van der Waals surface area contributed by atoms with Gasteiger partial charge in [0.2, 0.25) is 0 Å². The highest BCUT2D eigenvalue weighted by Gasteiger charge is 2.03. The summed E-state index contributed by atoms with van der Waals surface area (Å²) in [6, 6.07) is 10.7. The van der Waals surface area contributed by atoms with E-state index in [2.05, 4.69) is 43.1 Å². The van der Waals surface area contributed by atoms with Crippen LogP contribution in [0.1, 0.15) is 18.5 Å². The standard InChI is InChI=1S/C13H19NO/c1-11(10-15-3)9-14-12(2)13-7-5-4-6-8-13/h4-8,12,14H,1,9-10H2,2-3H3/t12-/m1/s1. The van der Waals surface area contributed by atoms with E-state index in [4.69, 9.17) is 4.74 Å². The van der Waals surface area contributed by atoms with Gasteiger partial charge in [0, 0.05) is 19.7 Å². The first-order chi connectivity index (χ1) is 7.24. The quantitative estimate of drug-likeness (QED) is 0.721. The van der Waals surface area contributed by atoms with Crippen LogP contribution in [0.2, 0.25) is 0 Å². The van der Waals surface area contributed by atoms with Gasteiger partial charge in [-0.25, -0.2) is 0 Å². The lowest BCUT2D eigenvalue weighted by atomic mass is 10.1. The van der Waals surface area contributed by atoms with Crippen LogP contribution < -0.4 is 5.32 Å². The molecular weight excluding hydrogens is 186 g/mol. The Morgan fingerprint density at radius 1 is 1.40 bits per heavy atom. The van der Waals surface area contributed by atoms with Gasteiger partial charge in [-0.3, -0.25) is 0 Å². The maximum Gasteiger partial charge on any atom is 0.0682 e. The number of rotatable bonds is 6. The summed E-state index contributed by atoms with van der Waals surface area (Å²) in [6.45, 7) is 7.49. The number of hydrogen-bond acceptors (Lipinski definition) is 2. The molecule has 0 bridgehead atoms. The third-order valence-electron chi connectivity index (χ3n) is 2.31. The molecule has 1 atom stereocenters. The molecular formula is C13H19NO. The molecule has 0 aliphatic heterocycles. The minimum Gasteiger partial charge on any atom is -0.380 e. The summed E-state index contributed by atoms with van der Waals surface area (Å²) in [4.78, 5) is 0. The molecule has 0 unspecified atom stereocenters. The lowest BCUT2D eigenvalue weighted by Gasteiger charge is -2.14. The maximum atomic E-state index is 5.00. The molecule has 82 valence electrons. The summed E-state index contributed by atoms with van der Waals surface area (Å²) in [6.07, 6.45) is 0. The topological polar surface area (TPSA) is 21.3 Å². The Bertz CT molecular complexity index is 295. The van der Waals surface area contributed by atoms with Gasteiger partial charge in [-0.2, -0.15) is 0 Å². The fourth-order valence-electron chi connectivity index (χ4n) is 1.41. The van der Waals surface area contributed by atoms with Crippen molar-refractivity contribution in [1.82, 2.24) is 5.32 Å². The molecule has 1 aromatic rings. The fourth-order valence-corrected chi connectivity index (χ4v) is 1.41. The Kier molecular flexibility index (Phi) is 5.08. The number of benzene rings is 1. The van der Waals surface area contributed by atoms with Gasteiger partial charge < -0.3 is 10.1 Å². The molecule has 1 aromatic carbocycles. The van der Waals surface area contributed by atoms with Crippen LogP contribution in [-0.2, 0) is 4.74 Å². The molecule has 0 radical (unpaired) electrons. The van der Waals surface area contributed by atoms with Crippen molar-refractivity contribution in [2.75, 3.05) is 20.3 Å². The Morgan fingerprint density at radius 2 is 2.07 bits per heavy atom. The Labute approximate surface area is 92.0 Å². The van der Waals surface area contributed by atoms with Crippen LogP contribution in [0.25, 0.3) is 0 Å². The second kappa shape index (κ2) is 6.38. The molecule has 0 aliphatic rings. The van der Waals surface area contributed by atoms with E-state index in [0.29, 0.717) is 12.6 Å². The third-order valence-corrected chi connectivity index (χ3v) is 2.31. The van der Waals surface area contributed by atoms with Crippen molar-refractivity contribution in [2.24, 2.45) is 0 Å². The van der Waals surface area contributed by atoms with E-state index in [-0.39, 0.29) is 0 Å². The zero-order chi connectivity index (χ0) is 11.1. The zero-order valence-electron chi connectivity index (χ0n) is 9.49. The van der Waals surface area contributed by atoms with E-state index >= 15 is 0 Å². The first kappa shape index (κ1) is 12.0. The number of ether oxygens (including phenoxy) is 1. The minimum atomic E-state index is 0.347. The summed E-state index contributed by atoms with van der Waals surface area (Å²) in [5.41, 5.74) is 2.36. The van der Waals surface area contributed by atoms with E-state index in [0.717, 1.165) is 12.1 Å². The molecule has 0 fully saturated rings. The molecule has 0 saturated heterocycles. The van der Waals surface area contributed by atoms with Gasteiger partial charge >= 0.3 is 0 Å². The van der Waals surface area contributed by atoms with Gasteiger partial charge in [-0.1, -0.05) is 36.9 Å². The summed E-state index contributed by atoms with van der Waals surface area (Å²) in [5.74, 6) is 0. The van der Waals surface area contributed by atoms with Crippen LogP contribution in [-0.4, -0.2) is 20.3 Å². The highest BCUT2D eigenvalue weighted by molar-refractivity contribution is 5.18. The molecule has 0 aliphatic carbocycles. The highest BCUT2D eigenvalue weighted by atomic mass is 16.5. The average Bonchev–Trinajstić information content (AvgIpc) is 2.27. The van der Waals surface area contributed by atoms with Crippen molar-refractivity contribution in [3.8, 4) is 0 Å². The van der Waals surface area contributed by atoms with Crippen molar-refractivity contribution >= 4 is 0 Å². The van der Waals surface area contributed by atoms with Crippen LogP contribution in [0.4, 0.5) is 0 Å². The molecule has 1 rings (SSSR count). The van der Waals surface area contributed by atoms with E-state index in [1.54, 1.807) is 7.11 Å². The van der Waals surface area contributed by atoms with Crippen molar-refractivity contribution < 1.29 is 4.74 Å². The minimum absolute atomic E-state index is 0.347. The van der Waals surface area contributed by atoms with Crippen LogP contribution in [0, 0.1) is 0 Å².